The van der Waals surface area contributed by atoms with E-state index in [0.717, 1.165) is 44.7 Å². The fourth-order valence-corrected chi connectivity index (χ4v) is 6.37. The molecule has 0 aliphatic carbocycles. The number of nitrogens with zero attached hydrogens (tertiary/aromatic N) is 3. The van der Waals surface area contributed by atoms with E-state index < -0.39 is 0 Å². The van der Waals surface area contributed by atoms with Gasteiger partial charge in [-0.05, 0) is 65.7 Å². The van der Waals surface area contributed by atoms with Crippen LogP contribution in [0.25, 0.3) is 60.6 Å². The number of anilines is 3. The van der Waals surface area contributed by atoms with Gasteiger partial charge in [0, 0.05) is 39.6 Å². The smallest absolute Gasteiger partial charge is 0.136 e. The number of fused-ring (bicyclic) bond motifs is 9. The van der Waals surface area contributed by atoms with E-state index in [1.165, 1.54) is 32.9 Å². The van der Waals surface area contributed by atoms with Gasteiger partial charge in [0.1, 0.15) is 11.2 Å². The summed E-state index contributed by atoms with van der Waals surface area (Å²) in [5.74, 6) is 0. The predicted molar refractivity (Wildman–Crippen MR) is 160 cm³/mol. The molecular weight excluding hydrogens is 478 g/mol. The molecule has 39 heavy (non-hydrogen) atoms. The third-order valence-corrected chi connectivity index (χ3v) is 7.99. The van der Waals surface area contributed by atoms with Gasteiger partial charge in [0.05, 0.1) is 28.1 Å². The van der Waals surface area contributed by atoms with Crippen LogP contribution in [0, 0.1) is 0 Å². The van der Waals surface area contributed by atoms with Crippen molar-refractivity contribution in [3.05, 3.63) is 128 Å². The molecular formula is C35H21N3O. The molecule has 0 bridgehead atoms. The van der Waals surface area contributed by atoms with Crippen molar-refractivity contribution in [2.75, 3.05) is 4.90 Å². The number of aromatic nitrogens is 2. The molecule has 4 heterocycles. The molecule has 0 radical (unpaired) electrons. The number of para-hydroxylation sites is 4. The quantitative estimate of drug-likeness (QED) is 0.237. The minimum atomic E-state index is 0.919. The number of furan rings is 1. The Morgan fingerprint density at radius 3 is 2.21 bits per heavy atom. The van der Waals surface area contributed by atoms with Crippen LogP contribution in [0.15, 0.2) is 132 Å². The summed E-state index contributed by atoms with van der Waals surface area (Å²) in [6.07, 6.45) is 3.72. The highest BCUT2D eigenvalue weighted by atomic mass is 16.3. The van der Waals surface area contributed by atoms with E-state index in [1.807, 2.05) is 24.5 Å². The second kappa shape index (κ2) is 7.59. The average molecular weight is 500 g/mol. The second-order valence-electron chi connectivity index (χ2n) is 10.1. The number of benzene rings is 5. The lowest BCUT2D eigenvalue weighted by atomic mass is 10.0. The van der Waals surface area contributed by atoms with E-state index in [0.29, 0.717) is 0 Å². The van der Waals surface area contributed by atoms with Crippen molar-refractivity contribution in [3.8, 4) is 16.8 Å². The summed E-state index contributed by atoms with van der Waals surface area (Å²) in [6, 6.07) is 40.8. The maximum Gasteiger partial charge on any atom is 0.136 e. The van der Waals surface area contributed by atoms with Gasteiger partial charge in [-0.1, -0.05) is 60.7 Å². The molecule has 4 nitrogen and oxygen atoms in total. The van der Waals surface area contributed by atoms with Crippen molar-refractivity contribution >= 4 is 60.8 Å². The molecule has 0 saturated heterocycles. The number of hydrogen-bond acceptors (Lipinski definition) is 3. The molecule has 0 N–H and O–H groups in total. The van der Waals surface area contributed by atoms with Gasteiger partial charge in [0.15, 0.2) is 0 Å². The molecule has 0 saturated carbocycles. The Hall–Kier alpha value is -5.35. The molecule has 5 aromatic carbocycles. The van der Waals surface area contributed by atoms with Gasteiger partial charge in [-0.15, -0.1) is 0 Å². The third-order valence-electron chi connectivity index (χ3n) is 7.99. The van der Waals surface area contributed by atoms with E-state index in [1.54, 1.807) is 0 Å². The Kier molecular flexibility index (Phi) is 4.02. The van der Waals surface area contributed by atoms with Crippen LogP contribution in [0.1, 0.15) is 0 Å². The fraction of sp³-hybridized carbons (Fsp3) is 0. The highest BCUT2D eigenvalue weighted by Crippen LogP contribution is 2.51. The molecule has 0 atom stereocenters. The standard InChI is InChI=1S/C35H21N3O/c1-4-13-31-25(8-1)34-32(39-31)19-18-29-33(34)26-9-5-12-30-35(26)38(29)28-11-3-2-10-27(28)37(30)24-16-14-22(15-17-24)23-7-6-20-36-21-23/h1-21H. The van der Waals surface area contributed by atoms with Crippen LogP contribution >= 0.6 is 0 Å². The minimum Gasteiger partial charge on any atom is -0.456 e. The van der Waals surface area contributed by atoms with Gasteiger partial charge in [-0.25, -0.2) is 0 Å². The van der Waals surface area contributed by atoms with Crippen LogP contribution in [0.4, 0.5) is 17.1 Å². The van der Waals surface area contributed by atoms with Crippen LogP contribution in [-0.2, 0) is 0 Å². The van der Waals surface area contributed by atoms with Crippen LogP contribution in [0.3, 0.4) is 0 Å². The van der Waals surface area contributed by atoms with Crippen LogP contribution in [0.5, 0.6) is 0 Å². The van der Waals surface area contributed by atoms with Crippen molar-refractivity contribution in [1.82, 2.24) is 9.55 Å². The van der Waals surface area contributed by atoms with Gasteiger partial charge in [-0.3, -0.25) is 4.98 Å². The third kappa shape index (κ3) is 2.75. The minimum absolute atomic E-state index is 0.919. The molecule has 9 rings (SSSR count). The molecule has 1 aliphatic rings. The summed E-state index contributed by atoms with van der Waals surface area (Å²) >= 11 is 0. The van der Waals surface area contributed by atoms with Gasteiger partial charge >= 0.3 is 0 Å². The summed E-state index contributed by atoms with van der Waals surface area (Å²) < 4.78 is 8.71. The first-order chi connectivity index (χ1) is 19.4. The summed E-state index contributed by atoms with van der Waals surface area (Å²) in [4.78, 5) is 6.67. The average Bonchev–Trinajstić information content (AvgIpc) is 3.55. The summed E-state index contributed by atoms with van der Waals surface area (Å²) in [5, 5.41) is 4.79. The van der Waals surface area contributed by atoms with E-state index in [2.05, 4.69) is 118 Å². The van der Waals surface area contributed by atoms with Crippen molar-refractivity contribution in [3.63, 3.8) is 0 Å². The van der Waals surface area contributed by atoms with E-state index >= 15 is 0 Å². The lowest BCUT2D eigenvalue weighted by Gasteiger charge is -2.33. The van der Waals surface area contributed by atoms with Crippen LogP contribution in [0.2, 0.25) is 0 Å². The monoisotopic (exact) mass is 499 g/mol. The van der Waals surface area contributed by atoms with Gasteiger partial charge in [0.2, 0.25) is 0 Å². The Morgan fingerprint density at radius 2 is 1.33 bits per heavy atom. The highest BCUT2D eigenvalue weighted by Gasteiger charge is 2.29. The number of rotatable bonds is 2. The number of pyridine rings is 1. The maximum atomic E-state index is 6.28. The molecule has 0 spiro atoms. The highest BCUT2D eigenvalue weighted by molar-refractivity contribution is 6.29. The SMILES string of the molecule is c1cncc(-c2ccc(N3c4ccccc4-n4c5ccc6oc7ccccc7c6c5c5cccc3c54)cc2)c1. The fourth-order valence-electron chi connectivity index (χ4n) is 6.37. The largest absolute Gasteiger partial charge is 0.456 e. The molecule has 0 amide bonds. The molecule has 0 unspecified atom stereocenters. The Balaban J connectivity index is 1.37. The van der Waals surface area contributed by atoms with E-state index in [9.17, 15) is 0 Å². The van der Waals surface area contributed by atoms with Crippen molar-refractivity contribution in [2.45, 2.75) is 0 Å². The summed E-state index contributed by atoms with van der Waals surface area (Å²) in [6.45, 7) is 0. The predicted octanol–water partition coefficient (Wildman–Crippen LogP) is 9.53. The maximum absolute atomic E-state index is 6.28. The normalized spacial score (nSPS) is 12.6. The first-order valence-corrected chi connectivity index (χ1v) is 13.1. The zero-order valence-electron chi connectivity index (χ0n) is 20.9. The van der Waals surface area contributed by atoms with Gasteiger partial charge < -0.3 is 13.9 Å². The Morgan fingerprint density at radius 1 is 0.538 bits per heavy atom. The molecule has 8 aromatic rings. The molecule has 182 valence electrons. The van der Waals surface area contributed by atoms with Crippen LogP contribution < -0.4 is 4.90 Å². The second-order valence-corrected chi connectivity index (χ2v) is 10.1. The van der Waals surface area contributed by atoms with Gasteiger partial charge in [0.25, 0.3) is 0 Å². The Bertz CT molecular complexity index is 2220. The topological polar surface area (TPSA) is 34.2 Å². The summed E-state index contributed by atoms with van der Waals surface area (Å²) in [5.41, 5.74) is 11.1. The first kappa shape index (κ1) is 20.7. The molecule has 4 heteroatoms. The number of hydrogen-bond donors (Lipinski definition) is 0. The van der Waals surface area contributed by atoms with E-state index in [-0.39, 0.29) is 0 Å². The molecule has 3 aromatic heterocycles. The van der Waals surface area contributed by atoms with Crippen molar-refractivity contribution in [2.24, 2.45) is 0 Å². The molecule has 1 aliphatic heterocycles. The molecule has 0 fully saturated rings. The van der Waals surface area contributed by atoms with Crippen molar-refractivity contribution in [1.29, 1.82) is 0 Å². The van der Waals surface area contributed by atoms with Gasteiger partial charge in [-0.2, -0.15) is 0 Å². The van der Waals surface area contributed by atoms with Crippen molar-refractivity contribution < 1.29 is 4.42 Å². The van der Waals surface area contributed by atoms with Crippen LogP contribution in [-0.4, -0.2) is 9.55 Å². The van der Waals surface area contributed by atoms with E-state index in [4.69, 9.17) is 4.42 Å². The Labute approximate surface area is 224 Å². The lowest BCUT2D eigenvalue weighted by molar-refractivity contribution is 0.669. The zero-order chi connectivity index (χ0) is 25.5. The lowest BCUT2D eigenvalue weighted by Crippen LogP contribution is -2.17. The first-order valence-electron chi connectivity index (χ1n) is 13.1. The zero-order valence-corrected chi connectivity index (χ0v) is 20.9. The summed E-state index contributed by atoms with van der Waals surface area (Å²) in [7, 11) is 0.